The summed E-state index contributed by atoms with van der Waals surface area (Å²) in [7, 11) is 1.56. The van der Waals surface area contributed by atoms with E-state index in [0.29, 0.717) is 31.1 Å². The molecule has 0 unspecified atom stereocenters. The summed E-state index contributed by atoms with van der Waals surface area (Å²) < 4.78 is 46.4. The molecule has 1 heterocycles. The minimum atomic E-state index is -4.51. The molecule has 1 aromatic heterocycles. The van der Waals surface area contributed by atoms with Gasteiger partial charge in [0.05, 0.1) is 12.1 Å². The fraction of sp³-hybridized carbons (Fsp3) is 0.292. The minimum absolute atomic E-state index is 0.00134. The van der Waals surface area contributed by atoms with Gasteiger partial charge in [-0.3, -0.25) is 4.79 Å². The topological polar surface area (TPSA) is 34.5 Å². The van der Waals surface area contributed by atoms with Gasteiger partial charge in [-0.2, -0.15) is 13.2 Å². The molecule has 0 aliphatic rings. The van der Waals surface area contributed by atoms with Gasteiger partial charge in [-0.15, -0.1) is 0 Å². The molecule has 8 heteroatoms. The van der Waals surface area contributed by atoms with Gasteiger partial charge < -0.3 is 14.2 Å². The second-order valence-electron chi connectivity index (χ2n) is 7.37. The highest BCUT2D eigenvalue weighted by molar-refractivity contribution is 6.31. The lowest BCUT2D eigenvalue weighted by atomic mass is 10.1. The quantitative estimate of drug-likeness (QED) is 0.370. The standard InChI is InChI=1S/C24H24ClF3N2O2/c1-32-14-6-13-30(23(31)18-8-4-9-20(15-18)24(26,27)28)17-21-10-5-12-29(21)16-19-7-2-3-11-22(19)25/h2-5,7-12,15H,6,13-14,16-17H2,1H3. The molecular formula is C24H24ClF3N2O2. The number of ether oxygens (including phenoxy) is 1. The number of amides is 1. The first-order valence-corrected chi connectivity index (χ1v) is 10.5. The third-order valence-corrected chi connectivity index (χ3v) is 5.44. The number of carbonyl (C=O) groups excluding carboxylic acids is 1. The zero-order chi connectivity index (χ0) is 23.1. The van der Waals surface area contributed by atoms with Crippen LogP contribution in [-0.2, 0) is 24.0 Å². The number of benzene rings is 2. The molecule has 0 aliphatic carbocycles. The van der Waals surface area contributed by atoms with Crippen LogP contribution in [0.25, 0.3) is 0 Å². The van der Waals surface area contributed by atoms with Gasteiger partial charge in [0.25, 0.3) is 5.91 Å². The van der Waals surface area contributed by atoms with Gasteiger partial charge >= 0.3 is 6.18 Å². The van der Waals surface area contributed by atoms with Gasteiger partial charge in [-0.25, -0.2) is 0 Å². The molecule has 0 saturated heterocycles. The third-order valence-electron chi connectivity index (χ3n) is 5.08. The maximum absolute atomic E-state index is 13.2. The van der Waals surface area contributed by atoms with E-state index in [0.717, 1.165) is 23.4 Å². The second-order valence-corrected chi connectivity index (χ2v) is 7.78. The lowest BCUT2D eigenvalue weighted by Crippen LogP contribution is -2.33. The van der Waals surface area contributed by atoms with Crippen LogP contribution in [0.15, 0.2) is 66.9 Å². The molecule has 3 aromatic rings. The molecule has 0 atom stereocenters. The Morgan fingerprint density at radius 2 is 1.88 bits per heavy atom. The van der Waals surface area contributed by atoms with Crippen LogP contribution in [0.1, 0.15) is 33.6 Å². The van der Waals surface area contributed by atoms with Gasteiger partial charge in [0.15, 0.2) is 0 Å². The Labute approximate surface area is 190 Å². The largest absolute Gasteiger partial charge is 0.416 e. The van der Waals surface area contributed by atoms with E-state index in [1.807, 2.05) is 47.2 Å². The Balaban J connectivity index is 1.84. The van der Waals surface area contributed by atoms with Crippen LogP contribution in [0, 0.1) is 0 Å². The fourth-order valence-corrected chi connectivity index (χ4v) is 3.61. The molecule has 1 amide bonds. The van der Waals surface area contributed by atoms with Crippen LogP contribution < -0.4 is 0 Å². The van der Waals surface area contributed by atoms with Gasteiger partial charge in [0.2, 0.25) is 0 Å². The normalized spacial score (nSPS) is 11.5. The highest BCUT2D eigenvalue weighted by Crippen LogP contribution is 2.30. The van der Waals surface area contributed by atoms with E-state index < -0.39 is 17.6 Å². The second kappa shape index (κ2) is 10.7. The van der Waals surface area contributed by atoms with E-state index in [4.69, 9.17) is 16.3 Å². The van der Waals surface area contributed by atoms with Crippen molar-refractivity contribution in [3.05, 3.63) is 94.3 Å². The predicted molar refractivity (Wildman–Crippen MR) is 118 cm³/mol. The van der Waals surface area contributed by atoms with E-state index >= 15 is 0 Å². The molecule has 2 aromatic carbocycles. The van der Waals surface area contributed by atoms with E-state index in [1.165, 1.54) is 12.1 Å². The van der Waals surface area contributed by atoms with Gasteiger partial charge in [-0.05, 0) is 48.4 Å². The van der Waals surface area contributed by atoms with Crippen LogP contribution in [-0.4, -0.2) is 35.6 Å². The zero-order valence-corrected chi connectivity index (χ0v) is 18.4. The van der Waals surface area contributed by atoms with Crippen LogP contribution in [0.3, 0.4) is 0 Å². The molecule has 0 N–H and O–H groups in total. The summed E-state index contributed by atoms with van der Waals surface area (Å²) in [5.74, 6) is -0.460. The van der Waals surface area contributed by atoms with E-state index in [-0.39, 0.29) is 12.1 Å². The average molecular weight is 465 g/mol. The van der Waals surface area contributed by atoms with E-state index in [9.17, 15) is 18.0 Å². The summed E-state index contributed by atoms with van der Waals surface area (Å²) in [6, 6.07) is 15.8. The Morgan fingerprint density at radius 3 is 2.59 bits per heavy atom. The van der Waals surface area contributed by atoms with Crippen LogP contribution in [0.4, 0.5) is 13.2 Å². The zero-order valence-electron chi connectivity index (χ0n) is 17.6. The first-order valence-electron chi connectivity index (χ1n) is 10.1. The van der Waals surface area contributed by atoms with Crippen molar-refractivity contribution in [2.75, 3.05) is 20.3 Å². The monoisotopic (exact) mass is 464 g/mol. The SMILES string of the molecule is COCCCN(Cc1cccn1Cc1ccccc1Cl)C(=O)c1cccc(C(F)(F)F)c1. The Hall–Kier alpha value is -2.77. The molecule has 4 nitrogen and oxygen atoms in total. The summed E-state index contributed by atoms with van der Waals surface area (Å²) in [6.45, 7) is 1.55. The molecule has 170 valence electrons. The smallest absolute Gasteiger partial charge is 0.385 e. The Bertz CT molecular complexity index is 1050. The summed E-state index contributed by atoms with van der Waals surface area (Å²) in [4.78, 5) is 14.7. The number of alkyl halides is 3. The third kappa shape index (κ3) is 6.14. The van der Waals surface area contributed by atoms with Crippen LogP contribution in [0.2, 0.25) is 5.02 Å². The molecule has 3 rings (SSSR count). The van der Waals surface area contributed by atoms with Crippen molar-refractivity contribution in [2.45, 2.75) is 25.7 Å². The van der Waals surface area contributed by atoms with Gasteiger partial charge in [0, 0.05) is 49.3 Å². The average Bonchev–Trinajstić information content (AvgIpc) is 3.20. The van der Waals surface area contributed by atoms with Gasteiger partial charge in [-0.1, -0.05) is 35.9 Å². The van der Waals surface area contributed by atoms with Crippen LogP contribution >= 0.6 is 11.6 Å². The first-order chi connectivity index (χ1) is 15.3. The first kappa shape index (κ1) is 23.9. The molecule has 0 saturated carbocycles. The van der Waals surface area contributed by atoms with Crippen molar-refractivity contribution in [1.29, 1.82) is 0 Å². The molecule has 32 heavy (non-hydrogen) atoms. The lowest BCUT2D eigenvalue weighted by Gasteiger charge is -2.24. The van der Waals surface area contributed by atoms with E-state index in [2.05, 4.69) is 0 Å². The molecular weight excluding hydrogens is 441 g/mol. The fourth-order valence-electron chi connectivity index (χ4n) is 3.42. The molecule has 0 aliphatic heterocycles. The molecule has 0 radical (unpaired) electrons. The highest BCUT2D eigenvalue weighted by atomic mass is 35.5. The number of aromatic nitrogens is 1. The molecule has 0 bridgehead atoms. The van der Waals surface area contributed by atoms with Crippen molar-refractivity contribution in [2.24, 2.45) is 0 Å². The van der Waals surface area contributed by atoms with Crippen molar-refractivity contribution < 1.29 is 22.7 Å². The highest BCUT2D eigenvalue weighted by Gasteiger charge is 2.31. The summed E-state index contributed by atoms with van der Waals surface area (Å²) in [5.41, 5.74) is 0.938. The lowest BCUT2D eigenvalue weighted by molar-refractivity contribution is -0.137. The predicted octanol–water partition coefficient (Wildman–Crippen LogP) is 5.89. The number of hydrogen-bond donors (Lipinski definition) is 0. The minimum Gasteiger partial charge on any atom is -0.385 e. The summed E-state index contributed by atoms with van der Waals surface area (Å²) in [6.07, 6.45) is -2.06. The van der Waals surface area contributed by atoms with Gasteiger partial charge in [0.1, 0.15) is 0 Å². The van der Waals surface area contributed by atoms with Crippen LogP contribution in [0.5, 0.6) is 0 Å². The number of rotatable bonds is 9. The molecule has 0 spiro atoms. The Morgan fingerprint density at radius 1 is 1.09 bits per heavy atom. The maximum Gasteiger partial charge on any atom is 0.416 e. The number of halogens is 4. The van der Waals surface area contributed by atoms with Crippen molar-refractivity contribution >= 4 is 17.5 Å². The van der Waals surface area contributed by atoms with E-state index in [1.54, 1.807) is 12.0 Å². The summed E-state index contributed by atoms with van der Waals surface area (Å²) in [5, 5.41) is 0.643. The number of hydrogen-bond acceptors (Lipinski definition) is 2. The Kier molecular flexibility index (Phi) is 7.99. The number of nitrogens with zero attached hydrogens (tertiary/aromatic N) is 2. The summed E-state index contributed by atoms with van der Waals surface area (Å²) >= 11 is 6.28. The van der Waals surface area contributed by atoms with Crippen molar-refractivity contribution in [3.8, 4) is 0 Å². The molecule has 0 fully saturated rings. The maximum atomic E-state index is 13.2. The van der Waals surface area contributed by atoms with Crippen molar-refractivity contribution in [3.63, 3.8) is 0 Å². The number of carbonyl (C=O) groups is 1. The number of methoxy groups -OCH3 is 1. The van der Waals surface area contributed by atoms with Crippen molar-refractivity contribution in [1.82, 2.24) is 9.47 Å².